The molecule has 0 aliphatic heterocycles. The quantitative estimate of drug-likeness (QED) is 0.880. The number of hydrogen-bond acceptors (Lipinski definition) is 3. The van der Waals surface area contributed by atoms with Crippen molar-refractivity contribution < 1.29 is 13.9 Å². The highest BCUT2D eigenvalue weighted by Crippen LogP contribution is 2.22. The van der Waals surface area contributed by atoms with E-state index in [1.54, 1.807) is 30.3 Å². The standard InChI is InChI=1S/C16H17FN2O2/c1-3-19(12-6-4-11(18)5-7-12)16(20)14-9-8-13(21-2)10-15(14)17/h4-10H,3,18H2,1-2H3. The number of carbonyl (C=O) groups is 1. The van der Waals surface area contributed by atoms with Gasteiger partial charge in [0.25, 0.3) is 5.91 Å². The molecular weight excluding hydrogens is 271 g/mol. The molecule has 2 aromatic rings. The Labute approximate surface area is 122 Å². The van der Waals surface area contributed by atoms with Gasteiger partial charge in [-0.25, -0.2) is 4.39 Å². The van der Waals surface area contributed by atoms with Crippen molar-refractivity contribution >= 4 is 17.3 Å². The van der Waals surface area contributed by atoms with Crippen molar-refractivity contribution in [1.82, 2.24) is 0 Å². The third-order valence-corrected chi connectivity index (χ3v) is 3.17. The van der Waals surface area contributed by atoms with E-state index in [-0.39, 0.29) is 5.56 Å². The summed E-state index contributed by atoms with van der Waals surface area (Å²) in [5.41, 5.74) is 6.93. The lowest BCUT2D eigenvalue weighted by Gasteiger charge is -2.21. The van der Waals surface area contributed by atoms with Crippen molar-refractivity contribution in [1.29, 1.82) is 0 Å². The Morgan fingerprint density at radius 3 is 2.43 bits per heavy atom. The third kappa shape index (κ3) is 3.13. The smallest absolute Gasteiger partial charge is 0.261 e. The number of amides is 1. The Hall–Kier alpha value is -2.56. The summed E-state index contributed by atoms with van der Waals surface area (Å²) in [4.78, 5) is 14.0. The molecule has 0 saturated heterocycles. The van der Waals surface area contributed by atoms with Gasteiger partial charge in [0.1, 0.15) is 11.6 Å². The maximum atomic E-state index is 14.0. The SMILES string of the molecule is CCN(C(=O)c1ccc(OC)cc1F)c1ccc(N)cc1. The van der Waals surface area contributed by atoms with Gasteiger partial charge in [-0.2, -0.15) is 0 Å². The van der Waals surface area contributed by atoms with Crippen LogP contribution in [0, 0.1) is 5.82 Å². The molecule has 0 bridgehead atoms. The fourth-order valence-corrected chi connectivity index (χ4v) is 2.04. The highest BCUT2D eigenvalue weighted by atomic mass is 19.1. The van der Waals surface area contributed by atoms with Crippen LogP contribution in [0.2, 0.25) is 0 Å². The molecular formula is C16H17FN2O2. The van der Waals surface area contributed by atoms with Gasteiger partial charge in [-0.15, -0.1) is 0 Å². The number of anilines is 2. The molecule has 2 aromatic carbocycles. The van der Waals surface area contributed by atoms with E-state index >= 15 is 0 Å². The lowest BCUT2D eigenvalue weighted by molar-refractivity contribution is 0.0984. The number of benzene rings is 2. The molecule has 110 valence electrons. The number of ether oxygens (including phenoxy) is 1. The van der Waals surface area contributed by atoms with Crippen LogP contribution in [0.5, 0.6) is 5.75 Å². The first-order valence-electron chi connectivity index (χ1n) is 6.57. The van der Waals surface area contributed by atoms with Crippen LogP contribution in [-0.2, 0) is 0 Å². The number of nitrogens with zero attached hydrogens (tertiary/aromatic N) is 1. The van der Waals surface area contributed by atoms with Gasteiger partial charge < -0.3 is 15.4 Å². The molecule has 5 heteroatoms. The largest absolute Gasteiger partial charge is 0.497 e. The molecule has 0 spiro atoms. The molecule has 21 heavy (non-hydrogen) atoms. The van der Waals surface area contributed by atoms with Crippen molar-refractivity contribution in [2.24, 2.45) is 0 Å². The van der Waals surface area contributed by atoms with Gasteiger partial charge in [0.2, 0.25) is 0 Å². The van der Waals surface area contributed by atoms with E-state index in [1.165, 1.54) is 24.1 Å². The number of methoxy groups -OCH3 is 1. The van der Waals surface area contributed by atoms with Gasteiger partial charge in [-0.3, -0.25) is 4.79 Å². The maximum absolute atomic E-state index is 14.0. The number of nitrogens with two attached hydrogens (primary N) is 1. The van der Waals surface area contributed by atoms with Gasteiger partial charge in [-0.05, 0) is 43.3 Å². The molecule has 0 unspecified atom stereocenters. The Bertz CT molecular complexity index is 641. The molecule has 0 fully saturated rings. The van der Waals surface area contributed by atoms with Crippen LogP contribution in [0.1, 0.15) is 17.3 Å². The van der Waals surface area contributed by atoms with Gasteiger partial charge in [0, 0.05) is 24.0 Å². The topological polar surface area (TPSA) is 55.6 Å². The van der Waals surface area contributed by atoms with E-state index in [9.17, 15) is 9.18 Å². The fourth-order valence-electron chi connectivity index (χ4n) is 2.04. The van der Waals surface area contributed by atoms with E-state index in [0.29, 0.717) is 23.7 Å². The predicted octanol–water partition coefficient (Wildman–Crippen LogP) is 3.08. The molecule has 0 heterocycles. The first-order chi connectivity index (χ1) is 10.1. The number of hydrogen-bond donors (Lipinski definition) is 1. The van der Waals surface area contributed by atoms with E-state index in [2.05, 4.69) is 0 Å². The Morgan fingerprint density at radius 1 is 1.24 bits per heavy atom. The zero-order valence-electron chi connectivity index (χ0n) is 12.0. The Morgan fingerprint density at radius 2 is 1.90 bits per heavy atom. The summed E-state index contributed by atoms with van der Waals surface area (Å²) in [5, 5.41) is 0. The van der Waals surface area contributed by atoms with Crippen molar-refractivity contribution in [3.05, 3.63) is 53.8 Å². The second-order valence-electron chi connectivity index (χ2n) is 4.49. The Balaban J connectivity index is 2.34. The molecule has 4 nitrogen and oxygen atoms in total. The van der Waals surface area contributed by atoms with Crippen molar-refractivity contribution in [2.75, 3.05) is 24.3 Å². The number of halogens is 1. The minimum Gasteiger partial charge on any atom is -0.497 e. The van der Waals surface area contributed by atoms with E-state index in [0.717, 1.165) is 0 Å². The summed E-state index contributed by atoms with van der Waals surface area (Å²) in [5.74, 6) is -0.629. The van der Waals surface area contributed by atoms with Crippen molar-refractivity contribution in [3.8, 4) is 5.75 Å². The van der Waals surface area contributed by atoms with E-state index in [4.69, 9.17) is 10.5 Å². The molecule has 0 radical (unpaired) electrons. The second kappa shape index (κ2) is 6.26. The van der Waals surface area contributed by atoms with Crippen molar-refractivity contribution in [3.63, 3.8) is 0 Å². The average molecular weight is 288 g/mol. The zero-order valence-corrected chi connectivity index (χ0v) is 12.0. The molecule has 0 saturated carbocycles. The van der Waals surface area contributed by atoms with Crippen LogP contribution in [0.25, 0.3) is 0 Å². The van der Waals surface area contributed by atoms with Crippen LogP contribution in [0.15, 0.2) is 42.5 Å². The third-order valence-electron chi connectivity index (χ3n) is 3.17. The summed E-state index contributed by atoms with van der Waals surface area (Å²) >= 11 is 0. The van der Waals surface area contributed by atoms with Crippen LogP contribution in [0.4, 0.5) is 15.8 Å². The van der Waals surface area contributed by atoms with Crippen LogP contribution in [0.3, 0.4) is 0 Å². The second-order valence-corrected chi connectivity index (χ2v) is 4.49. The molecule has 1 amide bonds. The molecule has 2 N–H and O–H groups in total. The van der Waals surface area contributed by atoms with Crippen LogP contribution < -0.4 is 15.4 Å². The first-order valence-corrected chi connectivity index (χ1v) is 6.57. The van der Waals surface area contributed by atoms with Gasteiger partial charge >= 0.3 is 0 Å². The summed E-state index contributed by atoms with van der Waals surface area (Å²) in [6, 6.07) is 11.1. The van der Waals surface area contributed by atoms with Gasteiger partial charge in [0.15, 0.2) is 0 Å². The molecule has 2 rings (SSSR count). The summed E-state index contributed by atoms with van der Waals surface area (Å²) in [6.45, 7) is 2.25. The molecule has 0 atom stereocenters. The van der Waals surface area contributed by atoms with Gasteiger partial charge in [-0.1, -0.05) is 0 Å². The van der Waals surface area contributed by atoms with E-state index in [1.807, 2.05) is 6.92 Å². The first kappa shape index (κ1) is 14.8. The number of rotatable bonds is 4. The maximum Gasteiger partial charge on any atom is 0.261 e. The van der Waals surface area contributed by atoms with E-state index < -0.39 is 11.7 Å². The fraction of sp³-hybridized carbons (Fsp3) is 0.188. The molecule has 0 aliphatic carbocycles. The average Bonchev–Trinajstić information content (AvgIpc) is 2.49. The number of carbonyl (C=O) groups excluding carboxylic acids is 1. The summed E-state index contributed by atoms with van der Waals surface area (Å²) < 4.78 is 19.0. The van der Waals surface area contributed by atoms with Gasteiger partial charge in [0.05, 0.1) is 12.7 Å². The minimum atomic E-state index is -0.603. The predicted molar refractivity (Wildman–Crippen MR) is 81.2 cm³/mol. The lowest BCUT2D eigenvalue weighted by Crippen LogP contribution is -2.31. The summed E-state index contributed by atoms with van der Waals surface area (Å²) in [6.07, 6.45) is 0. The lowest BCUT2D eigenvalue weighted by atomic mass is 10.1. The monoisotopic (exact) mass is 288 g/mol. The normalized spacial score (nSPS) is 10.2. The highest BCUT2D eigenvalue weighted by Gasteiger charge is 2.19. The highest BCUT2D eigenvalue weighted by molar-refractivity contribution is 6.06. The number of nitrogen functional groups attached to an aromatic ring is 1. The Kier molecular flexibility index (Phi) is 4.42. The zero-order chi connectivity index (χ0) is 15.4. The van der Waals surface area contributed by atoms with Crippen LogP contribution >= 0.6 is 0 Å². The minimum absolute atomic E-state index is 0.00877. The molecule has 0 aliphatic rings. The summed E-state index contributed by atoms with van der Waals surface area (Å²) in [7, 11) is 1.45. The van der Waals surface area contributed by atoms with Crippen LogP contribution in [-0.4, -0.2) is 19.6 Å². The van der Waals surface area contributed by atoms with Crippen molar-refractivity contribution in [2.45, 2.75) is 6.92 Å². The molecule has 0 aromatic heterocycles.